The van der Waals surface area contributed by atoms with E-state index in [1.165, 1.54) is 0 Å². The normalized spacial score (nSPS) is 12.1. The third-order valence-corrected chi connectivity index (χ3v) is 3.24. The Morgan fingerprint density at radius 2 is 2.19 bits per heavy atom. The van der Waals surface area contributed by atoms with Crippen molar-refractivity contribution in [3.05, 3.63) is 59.5 Å². The molecule has 3 N–H and O–H groups in total. The molecule has 0 aliphatic heterocycles. The average molecular weight is 288 g/mol. The number of hydrogen-bond acceptors (Lipinski definition) is 4. The summed E-state index contributed by atoms with van der Waals surface area (Å²) in [4.78, 5) is 11.7. The lowest BCUT2D eigenvalue weighted by Crippen LogP contribution is -2.34. The topological polar surface area (TPSA) is 74.5 Å². The summed E-state index contributed by atoms with van der Waals surface area (Å²) in [6, 6.07) is 11.3. The van der Waals surface area contributed by atoms with E-state index in [1.54, 1.807) is 12.3 Å². The summed E-state index contributed by atoms with van der Waals surface area (Å²) in [5, 5.41) is 15.1. The molecule has 5 nitrogen and oxygen atoms in total. The maximum absolute atomic E-state index is 11.7. The lowest BCUT2D eigenvalue weighted by atomic mass is 10.1. The Morgan fingerprint density at radius 1 is 1.33 bits per heavy atom. The molecule has 2 rings (SSSR count). The first-order valence-electron chi connectivity index (χ1n) is 6.91. The van der Waals surface area contributed by atoms with Gasteiger partial charge in [0.05, 0.1) is 26.0 Å². The number of nitrogens with one attached hydrogen (secondary N) is 2. The summed E-state index contributed by atoms with van der Waals surface area (Å²) in [5.41, 5.74) is 1.91. The van der Waals surface area contributed by atoms with Crippen LogP contribution in [0.5, 0.6) is 0 Å². The summed E-state index contributed by atoms with van der Waals surface area (Å²) in [5.74, 6) is 0.642. The van der Waals surface area contributed by atoms with Crippen LogP contribution in [-0.2, 0) is 17.9 Å². The molecule has 1 amide bonds. The highest BCUT2D eigenvalue weighted by atomic mass is 16.3. The first-order chi connectivity index (χ1) is 10.2. The van der Waals surface area contributed by atoms with Crippen LogP contribution >= 0.6 is 0 Å². The first kappa shape index (κ1) is 15.3. The van der Waals surface area contributed by atoms with Crippen LogP contribution in [0.2, 0.25) is 0 Å². The van der Waals surface area contributed by atoms with Gasteiger partial charge >= 0.3 is 0 Å². The van der Waals surface area contributed by atoms with Crippen molar-refractivity contribution in [2.45, 2.75) is 26.1 Å². The zero-order valence-electron chi connectivity index (χ0n) is 12.0. The van der Waals surface area contributed by atoms with Crippen molar-refractivity contribution >= 4 is 5.91 Å². The molecule has 0 radical (unpaired) electrons. The van der Waals surface area contributed by atoms with Crippen LogP contribution in [0.1, 0.15) is 29.9 Å². The van der Waals surface area contributed by atoms with E-state index in [2.05, 4.69) is 10.6 Å². The molecular formula is C16H20N2O3. The van der Waals surface area contributed by atoms with Crippen molar-refractivity contribution in [1.29, 1.82) is 0 Å². The van der Waals surface area contributed by atoms with E-state index >= 15 is 0 Å². The minimum absolute atomic E-state index is 0.0180. The summed E-state index contributed by atoms with van der Waals surface area (Å²) in [6.45, 7) is 2.62. The van der Waals surface area contributed by atoms with Gasteiger partial charge < -0.3 is 20.2 Å². The van der Waals surface area contributed by atoms with Gasteiger partial charge in [0, 0.05) is 6.04 Å². The molecule has 1 heterocycles. The lowest BCUT2D eigenvalue weighted by molar-refractivity contribution is -0.120. The van der Waals surface area contributed by atoms with E-state index in [4.69, 9.17) is 9.52 Å². The van der Waals surface area contributed by atoms with E-state index in [-0.39, 0.29) is 25.1 Å². The fourth-order valence-corrected chi connectivity index (χ4v) is 1.99. The second kappa shape index (κ2) is 7.61. The number of benzene rings is 1. The van der Waals surface area contributed by atoms with Crippen LogP contribution < -0.4 is 10.6 Å². The van der Waals surface area contributed by atoms with E-state index in [0.717, 1.165) is 16.9 Å². The van der Waals surface area contributed by atoms with Crippen molar-refractivity contribution in [3.63, 3.8) is 0 Å². The van der Waals surface area contributed by atoms with Gasteiger partial charge in [0.2, 0.25) is 5.91 Å². The monoisotopic (exact) mass is 288 g/mol. The molecule has 0 spiro atoms. The van der Waals surface area contributed by atoms with Crippen LogP contribution in [-0.4, -0.2) is 17.6 Å². The summed E-state index contributed by atoms with van der Waals surface area (Å²) >= 11 is 0. The third-order valence-electron chi connectivity index (χ3n) is 3.24. The maximum Gasteiger partial charge on any atom is 0.234 e. The van der Waals surface area contributed by atoms with Crippen molar-refractivity contribution in [3.8, 4) is 0 Å². The number of carbonyl (C=O) groups excluding carboxylic acids is 1. The fourth-order valence-electron chi connectivity index (χ4n) is 1.99. The second-order valence-corrected chi connectivity index (χ2v) is 4.86. The second-order valence-electron chi connectivity index (χ2n) is 4.86. The zero-order valence-corrected chi connectivity index (χ0v) is 12.0. The van der Waals surface area contributed by atoms with Gasteiger partial charge in [-0.25, -0.2) is 0 Å². The van der Waals surface area contributed by atoms with Crippen LogP contribution in [0.3, 0.4) is 0 Å². The van der Waals surface area contributed by atoms with Crippen molar-refractivity contribution in [1.82, 2.24) is 10.6 Å². The van der Waals surface area contributed by atoms with Crippen molar-refractivity contribution in [2.24, 2.45) is 0 Å². The Labute approximate surface area is 124 Å². The van der Waals surface area contributed by atoms with Gasteiger partial charge in [0.15, 0.2) is 0 Å². The number of hydrogen-bond donors (Lipinski definition) is 3. The molecule has 21 heavy (non-hydrogen) atoms. The van der Waals surface area contributed by atoms with Crippen LogP contribution in [0.4, 0.5) is 0 Å². The maximum atomic E-state index is 11.7. The predicted molar refractivity (Wildman–Crippen MR) is 79.3 cm³/mol. The molecule has 0 aliphatic carbocycles. The Kier molecular flexibility index (Phi) is 5.54. The first-order valence-corrected chi connectivity index (χ1v) is 6.91. The molecule has 112 valence electrons. The molecular weight excluding hydrogens is 268 g/mol. The van der Waals surface area contributed by atoms with E-state index in [1.807, 2.05) is 37.3 Å². The summed E-state index contributed by atoms with van der Waals surface area (Å²) in [7, 11) is 0. The van der Waals surface area contributed by atoms with Crippen molar-refractivity contribution in [2.75, 3.05) is 6.54 Å². The van der Waals surface area contributed by atoms with Gasteiger partial charge in [0.1, 0.15) is 5.76 Å². The summed E-state index contributed by atoms with van der Waals surface area (Å²) in [6.07, 6.45) is 1.58. The van der Waals surface area contributed by atoms with Crippen LogP contribution in [0, 0.1) is 0 Å². The van der Waals surface area contributed by atoms with E-state index in [9.17, 15) is 4.79 Å². The highest BCUT2D eigenvalue weighted by molar-refractivity contribution is 5.77. The quantitative estimate of drug-likeness (QED) is 0.725. The molecule has 0 saturated carbocycles. The Morgan fingerprint density at radius 3 is 2.90 bits per heavy atom. The van der Waals surface area contributed by atoms with Gasteiger partial charge in [0.25, 0.3) is 0 Å². The molecule has 1 aromatic heterocycles. The van der Waals surface area contributed by atoms with Crippen LogP contribution in [0.25, 0.3) is 0 Å². The third kappa shape index (κ3) is 4.73. The molecule has 0 saturated heterocycles. The Bertz CT molecular complexity index is 567. The SMILES string of the molecule is CC(NCC(=O)NCc1ccco1)c1cccc(CO)c1. The highest BCUT2D eigenvalue weighted by Crippen LogP contribution is 2.13. The van der Waals surface area contributed by atoms with Crippen LogP contribution in [0.15, 0.2) is 47.1 Å². The van der Waals surface area contributed by atoms with Gasteiger partial charge in [-0.1, -0.05) is 24.3 Å². The number of aliphatic hydroxyl groups is 1. The van der Waals surface area contributed by atoms with Gasteiger partial charge in [-0.2, -0.15) is 0 Å². The number of rotatable bonds is 7. The van der Waals surface area contributed by atoms with Gasteiger partial charge in [-0.05, 0) is 30.2 Å². The minimum atomic E-state index is -0.0865. The Hall–Kier alpha value is -2.11. The summed E-state index contributed by atoms with van der Waals surface area (Å²) < 4.78 is 5.15. The molecule has 1 atom stereocenters. The Balaban J connectivity index is 1.77. The zero-order chi connectivity index (χ0) is 15.1. The minimum Gasteiger partial charge on any atom is -0.467 e. The molecule has 1 aromatic carbocycles. The highest BCUT2D eigenvalue weighted by Gasteiger charge is 2.08. The number of carbonyl (C=O) groups is 1. The molecule has 1 unspecified atom stereocenters. The molecule has 5 heteroatoms. The predicted octanol–water partition coefficient (Wildman–Crippen LogP) is 1.74. The molecule has 0 aliphatic rings. The standard InChI is InChI=1S/C16H20N2O3/c1-12(14-5-2-4-13(8-14)11-19)17-10-16(20)18-9-15-6-3-7-21-15/h2-8,12,17,19H,9-11H2,1H3,(H,18,20). The molecule has 0 fully saturated rings. The van der Waals surface area contributed by atoms with E-state index < -0.39 is 0 Å². The molecule has 0 bridgehead atoms. The smallest absolute Gasteiger partial charge is 0.234 e. The number of amides is 1. The van der Waals surface area contributed by atoms with Gasteiger partial charge in [-0.15, -0.1) is 0 Å². The largest absolute Gasteiger partial charge is 0.467 e. The lowest BCUT2D eigenvalue weighted by Gasteiger charge is -2.14. The fraction of sp³-hybridized carbons (Fsp3) is 0.312. The van der Waals surface area contributed by atoms with Crippen molar-refractivity contribution < 1.29 is 14.3 Å². The number of furan rings is 1. The molecule has 2 aromatic rings. The van der Waals surface area contributed by atoms with E-state index in [0.29, 0.717) is 6.54 Å². The average Bonchev–Trinajstić information content (AvgIpc) is 3.04. The van der Waals surface area contributed by atoms with Gasteiger partial charge in [-0.3, -0.25) is 4.79 Å². The number of aliphatic hydroxyl groups excluding tert-OH is 1.